The van der Waals surface area contributed by atoms with Crippen molar-refractivity contribution in [1.82, 2.24) is 4.98 Å². The maximum absolute atomic E-state index is 13.4. The Morgan fingerprint density at radius 2 is 2.04 bits per heavy atom. The van der Waals surface area contributed by atoms with E-state index in [2.05, 4.69) is 11.9 Å². The molecule has 1 heterocycles. The molecule has 0 spiro atoms. The fourth-order valence-electron chi connectivity index (χ4n) is 1.65. The Labute approximate surface area is 150 Å². The second-order valence-electron chi connectivity index (χ2n) is 4.99. The first-order chi connectivity index (χ1) is 11.4. The van der Waals surface area contributed by atoms with Crippen molar-refractivity contribution < 1.29 is 23.4 Å². The molecule has 1 unspecified atom stereocenters. The van der Waals surface area contributed by atoms with E-state index in [1.807, 2.05) is 6.92 Å². The number of aromatic nitrogens is 1. The number of pyridine rings is 1. The highest BCUT2D eigenvalue weighted by atomic mass is 35.5. The molecule has 1 aromatic rings. The van der Waals surface area contributed by atoms with Gasteiger partial charge in [0.2, 0.25) is 11.8 Å². The van der Waals surface area contributed by atoms with Gasteiger partial charge in [-0.25, -0.2) is 4.79 Å². The third kappa shape index (κ3) is 6.30. The van der Waals surface area contributed by atoms with Crippen LogP contribution in [0.4, 0.5) is 10.1 Å². The second-order valence-corrected chi connectivity index (χ2v) is 5.74. The monoisotopic (exact) mass is 382 g/mol. The van der Waals surface area contributed by atoms with Gasteiger partial charge in [-0.1, -0.05) is 43.5 Å². The summed E-state index contributed by atoms with van der Waals surface area (Å²) in [6.07, 6.45) is 2.19. The molecule has 1 rings (SSSR count). The Morgan fingerprint density at radius 1 is 1.33 bits per heavy atom. The summed E-state index contributed by atoms with van der Waals surface area (Å²) in [5, 5.41) is -0.561. The van der Waals surface area contributed by atoms with E-state index in [1.54, 1.807) is 0 Å². The molecule has 2 N–H and O–H groups in total. The normalized spacial score (nSPS) is 12.0. The number of anilines is 1. The van der Waals surface area contributed by atoms with Crippen molar-refractivity contribution in [2.45, 2.75) is 39.2 Å². The zero-order valence-electron chi connectivity index (χ0n) is 13.6. The summed E-state index contributed by atoms with van der Waals surface area (Å²) in [4.78, 5) is 15.2. The van der Waals surface area contributed by atoms with Crippen molar-refractivity contribution >= 4 is 34.9 Å². The van der Waals surface area contributed by atoms with Crippen molar-refractivity contribution in [2.24, 2.45) is 0 Å². The van der Waals surface area contributed by atoms with Gasteiger partial charge in [0.05, 0.1) is 12.3 Å². The van der Waals surface area contributed by atoms with Crippen LogP contribution in [0.3, 0.4) is 0 Å². The smallest absolute Gasteiger partial charge is 0.344 e. The average Bonchev–Trinajstić information content (AvgIpc) is 2.57. The molecule has 1 atom stereocenters. The van der Waals surface area contributed by atoms with E-state index in [1.165, 1.54) is 0 Å². The van der Waals surface area contributed by atoms with Crippen LogP contribution in [-0.2, 0) is 14.3 Å². The lowest BCUT2D eigenvalue weighted by molar-refractivity contribution is -0.154. The highest BCUT2D eigenvalue weighted by Gasteiger charge is 2.19. The van der Waals surface area contributed by atoms with Gasteiger partial charge in [-0.2, -0.15) is 9.37 Å². The lowest BCUT2D eigenvalue weighted by Gasteiger charge is -2.16. The van der Waals surface area contributed by atoms with Crippen LogP contribution in [0, 0.1) is 5.95 Å². The number of carbonyl (C=O) groups excluding carboxylic acids is 1. The number of hydrogen-bond acceptors (Lipinski definition) is 6. The number of esters is 1. The molecule has 0 aliphatic rings. The minimum atomic E-state index is -1.03. The van der Waals surface area contributed by atoms with E-state index < -0.39 is 23.5 Å². The summed E-state index contributed by atoms with van der Waals surface area (Å²) < 4.78 is 29.1. The van der Waals surface area contributed by atoms with Gasteiger partial charge in [-0.05, 0) is 12.8 Å². The fourth-order valence-corrected chi connectivity index (χ4v) is 2.03. The summed E-state index contributed by atoms with van der Waals surface area (Å²) >= 11 is 11.4. The largest absolute Gasteiger partial charge is 0.464 e. The number of nitrogens with two attached hydrogens (primary N) is 1. The van der Waals surface area contributed by atoms with Gasteiger partial charge in [0.1, 0.15) is 16.1 Å². The predicted molar refractivity (Wildman–Crippen MR) is 90.0 cm³/mol. The first-order valence-electron chi connectivity index (χ1n) is 7.60. The van der Waals surface area contributed by atoms with E-state index >= 15 is 0 Å². The zero-order chi connectivity index (χ0) is 18.1. The van der Waals surface area contributed by atoms with Crippen LogP contribution in [-0.4, -0.2) is 36.9 Å². The predicted octanol–water partition coefficient (Wildman–Crippen LogP) is 3.63. The van der Waals surface area contributed by atoms with Crippen LogP contribution in [0.5, 0.6) is 5.88 Å². The number of nitrogen functional groups attached to an aromatic ring is 1. The molecule has 24 heavy (non-hydrogen) atoms. The number of unbranched alkanes of at least 4 members (excludes halogenated alkanes) is 1. The summed E-state index contributed by atoms with van der Waals surface area (Å²) in [5.74, 6) is -1.99. The molecule has 1 aromatic heterocycles. The Morgan fingerprint density at radius 3 is 2.67 bits per heavy atom. The summed E-state index contributed by atoms with van der Waals surface area (Å²) in [7, 11) is 0. The Kier molecular flexibility index (Phi) is 9.10. The van der Waals surface area contributed by atoms with Crippen LogP contribution in [0.15, 0.2) is 0 Å². The molecule has 6 nitrogen and oxygen atoms in total. The average molecular weight is 383 g/mol. The fraction of sp³-hybridized carbons (Fsp3) is 0.600. The quantitative estimate of drug-likeness (QED) is 0.377. The van der Waals surface area contributed by atoms with E-state index in [-0.39, 0.29) is 22.7 Å². The van der Waals surface area contributed by atoms with Gasteiger partial charge < -0.3 is 19.9 Å². The number of nitrogens with zero attached hydrogens (tertiary/aromatic N) is 1. The molecular formula is C15H21Cl2FN2O4. The van der Waals surface area contributed by atoms with E-state index in [9.17, 15) is 9.18 Å². The third-order valence-corrected chi connectivity index (χ3v) is 3.79. The Hall–Kier alpha value is -1.31. The molecule has 136 valence electrons. The van der Waals surface area contributed by atoms with Gasteiger partial charge in [-0.3, -0.25) is 0 Å². The first kappa shape index (κ1) is 20.7. The van der Waals surface area contributed by atoms with E-state index in [4.69, 9.17) is 43.1 Å². The van der Waals surface area contributed by atoms with Crippen LogP contribution in [0.2, 0.25) is 10.0 Å². The number of hydrogen-bond donors (Lipinski definition) is 1. The SMILES string of the molecule is CCCCOCC(CC)OC(=O)COc1nc(F)c(Cl)c(N)c1Cl. The lowest BCUT2D eigenvalue weighted by Crippen LogP contribution is -2.26. The molecule has 0 aliphatic heterocycles. The number of carbonyl (C=O) groups is 1. The number of ether oxygens (including phenoxy) is 3. The van der Waals surface area contributed by atoms with E-state index in [0.29, 0.717) is 19.6 Å². The second kappa shape index (κ2) is 10.5. The minimum absolute atomic E-state index is 0.163. The minimum Gasteiger partial charge on any atom is -0.464 e. The molecule has 9 heteroatoms. The zero-order valence-corrected chi connectivity index (χ0v) is 15.1. The van der Waals surface area contributed by atoms with E-state index in [0.717, 1.165) is 12.8 Å². The first-order valence-corrected chi connectivity index (χ1v) is 8.36. The third-order valence-electron chi connectivity index (χ3n) is 3.07. The number of rotatable bonds is 10. The van der Waals surface area contributed by atoms with Crippen LogP contribution < -0.4 is 10.5 Å². The molecule has 0 saturated heterocycles. The maximum Gasteiger partial charge on any atom is 0.344 e. The van der Waals surface area contributed by atoms with Crippen molar-refractivity contribution in [3.63, 3.8) is 0 Å². The van der Waals surface area contributed by atoms with Crippen LogP contribution >= 0.6 is 23.2 Å². The van der Waals surface area contributed by atoms with Gasteiger partial charge in [0.25, 0.3) is 0 Å². The van der Waals surface area contributed by atoms with Gasteiger partial charge >= 0.3 is 5.97 Å². The number of halogens is 3. The van der Waals surface area contributed by atoms with Gasteiger partial charge in [0.15, 0.2) is 6.61 Å². The molecule has 0 aromatic carbocycles. The highest BCUT2D eigenvalue weighted by molar-refractivity contribution is 6.39. The van der Waals surface area contributed by atoms with Crippen molar-refractivity contribution in [2.75, 3.05) is 25.6 Å². The molecule has 0 radical (unpaired) electrons. The molecular weight excluding hydrogens is 362 g/mol. The summed E-state index contributed by atoms with van der Waals surface area (Å²) in [5.41, 5.74) is 5.31. The van der Waals surface area contributed by atoms with Gasteiger partial charge in [-0.15, -0.1) is 0 Å². The van der Waals surface area contributed by atoms with Crippen LogP contribution in [0.25, 0.3) is 0 Å². The van der Waals surface area contributed by atoms with Gasteiger partial charge in [0, 0.05) is 6.61 Å². The molecule has 0 amide bonds. The molecule has 0 bridgehead atoms. The summed E-state index contributed by atoms with van der Waals surface area (Å²) in [6, 6.07) is 0. The Bertz CT molecular complexity index is 561. The topological polar surface area (TPSA) is 83.7 Å². The van der Waals surface area contributed by atoms with Crippen molar-refractivity contribution in [1.29, 1.82) is 0 Å². The standard InChI is InChI=1S/C15H21Cl2FN2O4/c1-3-5-6-22-7-9(4-2)24-10(21)8-23-15-12(17)13(19)11(16)14(18)20-15/h9H,3-8H2,1-2H3,(H2,19,20). The van der Waals surface area contributed by atoms with Crippen molar-refractivity contribution in [3.8, 4) is 5.88 Å². The highest BCUT2D eigenvalue weighted by Crippen LogP contribution is 2.35. The molecule has 0 fully saturated rings. The maximum atomic E-state index is 13.4. The molecule has 0 aliphatic carbocycles. The Balaban J connectivity index is 2.51. The lowest BCUT2D eigenvalue weighted by atomic mass is 10.3. The van der Waals surface area contributed by atoms with Crippen molar-refractivity contribution in [3.05, 3.63) is 16.0 Å². The van der Waals surface area contributed by atoms with Crippen LogP contribution in [0.1, 0.15) is 33.1 Å². The summed E-state index contributed by atoms with van der Waals surface area (Å²) in [6.45, 7) is 4.37. The molecule has 0 saturated carbocycles.